The number of hydrogen-bond acceptors (Lipinski definition) is 2. The number of halogens is 2. The van der Waals surface area contributed by atoms with Gasteiger partial charge in [0, 0.05) is 30.5 Å². The highest BCUT2D eigenvalue weighted by Gasteiger charge is 2.32. The normalized spacial score (nSPS) is 14.4. The van der Waals surface area contributed by atoms with Gasteiger partial charge < -0.3 is 10.2 Å². The molecular weight excluding hydrogens is 475 g/mol. The van der Waals surface area contributed by atoms with Crippen LogP contribution in [-0.4, -0.2) is 28.8 Å². The summed E-state index contributed by atoms with van der Waals surface area (Å²) < 4.78 is 13.6. The van der Waals surface area contributed by atoms with Gasteiger partial charge in [-0.25, -0.2) is 4.39 Å². The van der Waals surface area contributed by atoms with Gasteiger partial charge in [0.25, 0.3) is 0 Å². The minimum atomic E-state index is -0.684. The second-order valence-corrected chi connectivity index (χ2v) is 9.84. The van der Waals surface area contributed by atoms with E-state index in [0.717, 1.165) is 42.4 Å². The van der Waals surface area contributed by atoms with Gasteiger partial charge in [0.1, 0.15) is 11.9 Å². The van der Waals surface area contributed by atoms with Gasteiger partial charge in [0.05, 0.1) is 0 Å². The number of nitrogens with zero attached hydrogens (tertiary/aromatic N) is 1. The van der Waals surface area contributed by atoms with Crippen molar-refractivity contribution in [2.45, 2.75) is 63.6 Å². The highest BCUT2D eigenvalue weighted by molar-refractivity contribution is 6.31. The number of carbonyl (C=O) groups is 2. The van der Waals surface area contributed by atoms with Gasteiger partial charge in [-0.2, -0.15) is 0 Å². The van der Waals surface area contributed by atoms with Crippen molar-refractivity contribution in [3.8, 4) is 0 Å². The van der Waals surface area contributed by atoms with Crippen molar-refractivity contribution in [2.24, 2.45) is 0 Å². The van der Waals surface area contributed by atoms with Crippen LogP contribution in [0, 0.1) is 5.82 Å². The summed E-state index contributed by atoms with van der Waals surface area (Å²) in [5, 5.41) is 3.82. The Hall–Kier alpha value is -3.18. The quantitative estimate of drug-likeness (QED) is 0.360. The first-order chi connectivity index (χ1) is 17.5. The van der Waals surface area contributed by atoms with Crippen LogP contribution >= 0.6 is 11.6 Å². The van der Waals surface area contributed by atoms with E-state index in [-0.39, 0.29) is 36.6 Å². The van der Waals surface area contributed by atoms with Crippen LogP contribution in [0.2, 0.25) is 5.02 Å². The summed E-state index contributed by atoms with van der Waals surface area (Å²) in [5.74, 6) is -0.615. The van der Waals surface area contributed by atoms with Crippen LogP contribution in [0.1, 0.15) is 48.8 Å². The number of aryl methyl sites for hydroxylation is 1. The Bertz CT molecular complexity index is 1150. The van der Waals surface area contributed by atoms with Crippen molar-refractivity contribution >= 4 is 23.4 Å². The Labute approximate surface area is 217 Å². The highest BCUT2D eigenvalue weighted by atomic mass is 35.5. The molecule has 0 bridgehead atoms. The molecule has 1 unspecified atom stereocenters. The van der Waals surface area contributed by atoms with Gasteiger partial charge in [-0.15, -0.1) is 0 Å². The lowest BCUT2D eigenvalue weighted by Gasteiger charge is -2.32. The number of hydrogen-bond donors (Lipinski definition) is 1. The molecule has 188 valence electrons. The maximum absolute atomic E-state index is 13.7. The van der Waals surface area contributed by atoms with Crippen LogP contribution in [0.15, 0.2) is 78.9 Å². The van der Waals surface area contributed by atoms with E-state index in [9.17, 15) is 14.0 Å². The Morgan fingerprint density at radius 1 is 0.917 bits per heavy atom. The smallest absolute Gasteiger partial charge is 0.243 e. The molecule has 0 spiro atoms. The molecule has 36 heavy (non-hydrogen) atoms. The van der Waals surface area contributed by atoms with Crippen molar-refractivity contribution in [1.29, 1.82) is 0 Å². The first-order valence-electron chi connectivity index (χ1n) is 12.6. The first kappa shape index (κ1) is 25.9. The van der Waals surface area contributed by atoms with Crippen LogP contribution in [0.25, 0.3) is 0 Å². The molecule has 0 aromatic heterocycles. The SMILES string of the molecule is O=C(NC1CCCC1)C(Cc1ccccc1)N(Cc1ccc(F)cc1)C(=O)CCc1ccccc1Cl. The zero-order valence-corrected chi connectivity index (χ0v) is 21.1. The first-order valence-corrected chi connectivity index (χ1v) is 13.0. The fourth-order valence-corrected chi connectivity index (χ4v) is 5.02. The second-order valence-electron chi connectivity index (χ2n) is 9.44. The Balaban J connectivity index is 1.61. The van der Waals surface area contributed by atoms with Crippen LogP contribution in [0.3, 0.4) is 0 Å². The maximum Gasteiger partial charge on any atom is 0.243 e. The minimum absolute atomic E-state index is 0.137. The molecule has 0 heterocycles. The molecular formula is C30H32ClFN2O2. The van der Waals surface area contributed by atoms with Crippen LogP contribution < -0.4 is 5.32 Å². The predicted molar refractivity (Wildman–Crippen MR) is 141 cm³/mol. The zero-order valence-electron chi connectivity index (χ0n) is 20.3. The Morgan fingerprint density at radius 2 is 1.58 bits per heavy atom. The zero-order chi connectivity index (χ0) is 25.3. The Morgan fingerprint density at radius 3 is 2.28 bits per heavy atom. The Kier molecular flexibility index (Phi) is 9.12. The van der Waals surface area contributed by atoms with E-state index >= 15 is 0 Å². The molecule has 1 aliphatic carbocycles. The van der Waals surface area contributed by atoms with E-state index < -0.39 is 6.04 Å². The lowest BCUT2D eigenvalue weighted by atomic mass is 10.0. The van der Waals surface area contributed by atoms with Crippen LogP contribution in [0.4, 0.5) is 4.39 Å². The average Bonchev–Trinajstić information content (AvgIpc) is 3.40. The van der Waals surface area contributed by atoms with E-state index in [1.165, 1.54) is 12.1 Å². The van der Waals surface area contributed by atoms with Crippen molar-refractivity contribution in [1.82, 2.24) is 10.2 Å². The summed E-state index contributed by atoms with van der Waals surface area (Å²) in [6.45, 7) is 0.219. The van der Waals surface area contributed by atoms with Gasteiger partial charge >= 0.3 is 0 Å². The lowest BCUT2D eigenvalue weighted by Crippen LogP contribution is -2.52. The second kappa shape index (κ2) is 12.7. The molecule has 1 fully saturated rings. The van der Waals surface area contributed by atoms with Crippen molar-refractivity contribution in [3.05, 3.63) is 106 Å². The van der Waals surface area contributed by atoms with Crippen molar-refractivity contribution in [3.63, 3.8) is 0 Å². The van der Waals surface area contributed by atoms with E-state index in [1.54, 1.807) is 17.0 Å². The van der Waals surface area contributed by atoms with Gasteiger partial charge in [-0.05, 0) is 54.2 Å². The van der Waals surface area contributed by atoms with Gasteiger partial charge in [0.2, 0.25) is 11.8 Å². The molecule has 6 heteroatoms. The summed E-state index contributed by atoms with van der Waals surface area (Å²) in [4.78, 5) is 29.0. The van der Waals surface area contributed by atoms with Crippen LogP contribution in [0.5, 0.6) is 0 Å². The number of carbonyl (C=O) groups excluding carboxylic acids is 2. The monoisotopic (exact) mass is 506 g/mol. The number of nitrogens with one attached hydrogen (secondary N) is 1. The predicted octanol–water partition coefficient (Wildman–Crippen LogP) is 6.11. The summed E-state index contributed by atoms with van der Waals surface area (Å²) in [5.41, 5.74) is 2.64. The van der Waals surface area contributed by atoms with Crippen molar-refractivity contribution < 1.29 is 14.0 Å². The fraction of sp³-hybridized carbons (Fsp3) is 0.333. The molecule has 4 nitrogen and oxygen atoms in total. The molecule has 0 saturated heterocycles. The van der Waals surface area contributed by atoms with Gasteiger partial charge in [-0.3, -0.25) is 9.59 Å². The summed E-state index contributed by atoms with van der Waals surface area (Å²) in [7, 11) is 0. The van der Waals surface area contributed by atoms with Crippen LogP contribution in [-0.2, 0) is 29.0 Å². The third kappa shape index (κ3) is 7.17. The molecule has 1 aliphatic rings. The molecule has 4 rings (SSSR count). The maximum atomic E-state index is 13.7. The third-order valence-electron chi connectivity index (χ3n) is 6.80. The molecule has 1 atom stereocenters. The third-order valence-corrected chi connectivity index (χ3v) is 7.17. The molecule has 0 radical (unpaired) electrons. The van der Waals surface area contributed by atoms with E-state index in [0.29, 0.717) is 17.9 Å². The van der Waals surface area contributed by atoms with E-state index in [2.05, 4.69) is 5.32 Å². The van der Waals surface area contributed by atoms with E-state index in [4.69, 9.17) is 11.6 Å². The van der Waals surface area contributed by atoms with Crippen molar-refractivity contribution in [2.75, 3.05) is 0 Å². The minimum Gasteiger partial charge on any atom is -0.352 e. The number of amides is 2. The molecule has 1 saturated carbocycles. The number of benzene rings is 3. The summed E-state index contributed by atoms with van der Waals surface area (Å²) in [6.07, 6.45) is 5.21. The average molecular weight is 507 g/mol. The standard InChI is InChI=1S/C30H32ClFN2O2/c31-27-13-7-4-10-24(27)16-19-29(35)34(21-23-14-17-25(32)18-15-23)28(20-22-8-2-1-3-9-22)30(36)33-26-11-5-6-12-26/h1-4,7-10,13-15,17-18,26,28H,5-6,11-12,16,19-21H2,(H,33,36). The largest absolute Gasteiger partial charge is 0.352 e. The lowest BCUT2D eigenvalue weighted by molar-refractivity contribution is -0.141. The highest BCUT2D eigenvalue weighted by Crippen LogP contribution is 2.22. The summed E-state index contributed by atoms with van der Waals surface area (Å²) in [6, 6.07) is 22.8. The summed E-state index contributed by atoms with van der Waals surface area (Å²) >= 11 is 6.32. The number of rotatable bonds is 10. The fourth-order valence-electron chi connectivity index (χ4n) is 4.79. The molecule has 2 amide bonds. The van der Waals surface area contributed by atoms with Gasteiger partial charge in [-0.1, -0.05) is 85.1 Å². The topological polar surface area (TPSA) is 49.4 Å². The molecule has 0 aliphatic heterocycles. The molecule has 3 aromatic rings. The molecule has 1 N–H and O–H groups in total. The van der Waals surface area contributed by atoms with E-state index in [1.807, 2.05) is 54.6 Å². The van der Waals surface area contributed by atoms with Gasteiger partial charge in [0.15, 0.2) is 0 Å². The molecule has 3 aromatic carbocycles.